The third-order valence-electron chi connectivity index (χ3n) is 5.90. The number of hydrogen-bond acceptors (Lipinski definition) is 6. The fourth-order valence-electron chi connectivity index (χ4n) is 3.74. The Balaban J connectivity index is 1.32. The topological polar surface area (TPSA) is 77.2 Å². The number of rotatable bonds is 7. The van der Waals surface area contributed by atoms with E-state index >= 15 is 0 Å². The standard InChI is InChI=1S/C27H24BrN3O3/c1-16-25(30-24-5-3-4-23(28)29-24)26(34-31-16)21-12-10-20(11-13-21)19-8-6-18(7-9-19)17(2)33-27(32)22-14-15-22/h3-13,17,22H,14-15H2,1-2H3,(H,29,30). The van der Waals surface area contributed by atoms with Gasteiger partial charge in [0.25, 0.3) is 0 Å². The molecule has 0 aliphatic heterocycles. The van der Waals surface area contributed by atoms with Crippen molar-refractivity contribution in [3.8, 4) is 22.5 Å². The minimum atomic E-state index is -0.245. The maximum atomic E-state index is 11.9. The number of carbonyl (C=O) groups excluding carboxylic acids is 1. The van der Waals surface area contributed by atoms with E-state index in [4.69, 9.17) is 9.26 Å². The number of benzene rings is 2. The van der Waals surface area contributed by atoms with Gasteiger partial charge in [-0.15, -0.1) is 0 Å². The Hall–Kier alpha value is -3.45. The summed E-state index contributed by atoms with van der Waals surface area (Å²) in [4.78, 5) is 16.4. The van der Waals surface area contributed by atoms with Crippen LogP contribution >= 0.6 is 15.9 Å². The quantitative estimate of drug-likeness (QED) is 0.205. The first-order chi connectivity index (χ1) is 16.5. The molecular weight excluding hydrogens is 494 g/mol. The lowest BCUT2D eigenvalue weighted by Crippen LogP contribution is -2.10. The van der Waals surface area contributed by atoms with Crippen molar-refractivity contribution in [3.63, 3.8) is 0 Å². The average Bonchev–Trinajstić information content (AvgIpc) is 3.64. The van der Waals surface area contributed by atoms with Crippen LogP contribution in [0.5, 0.6) is 0 Å². The smallest absolute Gasteiger partial charge is 0.309 e. The zero-order valence-electron chi connectivity index (χ0n) is 18.9. The summed E-state index contributed by atoms with van der Waals surface area (Å²) in [5.41, 5.74) is 5.62. The van der Waals surface area contributed by atoms with Crippen molar-refractivity contribution in [1.29, 1.82) is 0 Å². The molecule has 5 rings (SSSR count). The van der Waals surface area contributed by atoms with Crippen molar-refractivity contribution in [2.24, 2.45) is 5.92 Å². The second-order valence-electron chi connectivity index (χ2n) is 8.50. The summed E-state index contributed by atoms with van der Waals surface area (Å²) in [6, 6.07) is 22.0. The number of hydrogen-bond donors (Lipinski definition) is 1. The normalized spacial score (nSPS) is 14.0. The summed E-state index contributed by atoms with van der Waals surface area (Å²) in [7, 11) is 0. The number of nitrogens with zero attached hydrogens (tertiary/aromatic N) is 2. The number of esters is 1. The molecule has 1 atom stereocenters. The van der Waals surface area contributed by atoms with Gasteiger partial charge in [-0.25, -0.2) is 4.98 Å². The third kappa shape index (κ3) is 4.89. The Morgan fingerprint density at radius 2 is 1.68 bits per heavy atom. The highest BCUT2D eigenvalue weighted by Crippen LogP contribution is 2.35. The number of pyridine rings is 1. The van der Waals surface area contributed by atoms with Crippen LogP contribution in [0.25, 0.3) is 22.5 Å². The molecule has 2 aromatic heterocycles. The van der Waals surface area contributed by atoms with Crippen molar-refractivity contribution in [2.45, 2.75) is 32.8 Å². The summed E-state index contributed by atoms with van der Waals surface area (Å²) in [5.74, 6) is 1.39. The molecular formula is C27H24BrN3O3. The van der Waals surface area contributed by atoms with Crippen molar-refractivity contribution < 1.29 is 14.1 Å². The SMILES string of the molecule is Cc1noc(-c2ccc(-c3ccc(C(C)OC(=O)C4CC4)cc3)cc2)c1Nc1cccc(Br)n1. The van der Waals surface area contributed by atoms with E-state index in [1.165, 1.54) is 0 Å². The summed E-state index contributed by atoms with van der Waals surface area (Å²) in [6.45, 7) is 3.81. The molecule has 6 nitrogen and oxygen atoms in total. The highest BCUT2D eigenvalue weighted by molar-refractivity contribution is 9.10. The summed E-state index contributed by atoms with van der Waals surface area (Å²) >= 11 is 3.40. The second kappa shape index (κ2) is 9.43. The van der Waals surface area contributed by atoms with E-state index in [0.29, 0.717) is 11.6 Å². The minimum absolute atomic E-state index is 0.0839. The Morgan fingerprint density at radius 1 is 1.03 bits per heavy atom. The summed E-state index contributed by atoms with van der Waals surface area (Å²) < 4.78 is 11.9. The molecule has 0 radical (unpaired) electrons. The molecule has 1 N–H and O–H groups in total. The Morgan fingerprint density at radius 3 is 2.32 bits per heavy atom. The Bertz CT molecular complexity index is 1310. The number of aromatic nitrogens is 2. The minimum Gasteiger partial charge on any atom is -0.458 e. The van der Waals surface area contributed by atoms with Gasteiger partial charge < -0.3 is 14.6 Å². The zero-order valence-corrected chi connectivity index (χ0v) is 20.5. The predicted octanol–water partition coefficient (Wildman–Crippen LogP) is 7.23. The van der Waals surface area contributed by atoms with Gasteiger partial charge in [-0.2, -0.15) is 0 Å². The molecule has 7 heteroatoms. The van der Waals surface area contributed by atoms with Gasteiger partial charge in [0.2, 0.25) is 0 Å². The predicted molar refractivity (Wildman–Crippen MR) is 135 cm³/mol. The van der Waals surface area contributed by atoms with Gasteiger partial charge in [0.1, 0.15) is 27.9 Å². The molecule has 0 amide bonds. The number of carbonyl (C=O) groups is 1. The van der Waals surface area contributed by atoms with E-state index in [-0.39, 0.29) is 18.0 Å². The monoisotopic (exact) mass is 517 g/mol. The number of nitrogens with one attached hydrogen (secondary N) is 1. The van der Waals surface area contributed by atoms with E-state index in [1.54, 1.807) is 0 Å². The maximum Gasteiger partial charge on any atom is 0.309 e. The van der Waals surface area contributed by atoms with Gasteiger partial charge in [-0.3, -0.25) is 4.79 Å². The highest BCUT2D eigenvalue weighted by Gasteiger charge is 2.32. The molecule has 0 spiro atoms. The summed E-state index contributed by atoms with van der Waals surface area (Å²) in [6.07, 6.45) is 1.66. The van der Waals surface area contributed by atoms with Gasteiger partial charge in [0.15, 0.2) is 5.76 Å². The largest absolute Gasteiger partial charge is 0.458 e. The van der Waals surface area contributed by atoms with E-state index < -0.39 is 0 Å². The molecule has 34 heavy (non-hydrogen) atoms. The summed E-state index contributed by atoms with van der Waals surface area (Å²) in [5, 5.41) is 7.45. The number of anilines is 2. The molecule has 172 valence electrons. The fourth-order valence-corrected chi connectivity index (χ4v) is 4.08. The van der Waals surface area contributed by atoms with Crippen LogP contribution in [0.3, 0.4) is 0 Å². The number of halogens is 1. The van der Waals surface area contributed by atoms with Gasteiger partial charge in [0, 0.05) is 5.56 Å². The fraction of sp³-hybridized carbons (Fsp3) is 0.222. The first-order valence-electron chi connectivity index (χ1n) is 11.2. The van der Waals surface area contributed by atoms with Crippen LogP contribution < -0.4 is 5.32 Å². The van der Waals surface area contributed by atoms with Gasteiger partial charge >= 0.3 is 5.97 Å². The second-order valence-corrected chi connectivity index (χ2v) is 9.31. The van der Waals surface area contributed by atoms with Crippen LogP contribution in [0.1, 0.15) is 37.1 Å². The van der Waals surface area contributed by atoms with Gasteiger partial charge in [0.05, 0.1) is 5.92 Å². The van der Waals surface area contributed by atoms with Crippen LogP contribution in [-0.4, -0.2) is 16.1 Å². The van der Waals surface area contributed by atoms with Crippen LogP contribution in [0.2, 0.25) is 0 Å². The van der Waals surface area contributed by atoms with E-state index in [0.717, 1.165) is 51.1 Å². The first-order valence-corrected chi connectivity index (χ1v) is 12.0. The van der Waals surface area contributed by atoms with Crippen molar-refractivity contribution in [1.82, 2.24) is 10.1 Å². The molecule has 1 aliphatic carbocycles. The molecule has 4 aromatic rings. The number of aryl methyl sites for hydroxylation is 1. The van der Waals surface area contributed by atoms with Crippen molar-refractivity contribution >= 4 is 33.4 Å². The van der Waals surface area contributed by atoms with E-state index in [2.05, 4.69) is 55.7 Å². The molecule has 0 bridgehead atoms. The molecule has 1 unspecified atom stereocenters. The van der Waals surface area contributed by atoms with Crippen LogP contribution in [0.4, 0.5) is 11.5 Å². The lowest BCUT2D eigenvalue weighted by atomic mass is 10.0. The molecule has 1 fully saturated rings. The van der Waals surface area contributed by atoms with Crippen molar-refractivity contribution in [3.05, 3.63) is 82.6 Å². The van der Waals surface area contributed by atoms with E-state index in [9.17, 15) is 4.79 Å². The first kappa shape index (κ1) is 22.3. The molecule has 0 saturated heterocycles. The van der Waals surface area contributed by atoms with Gasteiger partial charge in [-0.1, -0.05) is 59.8 Å². The lowest BCUT2D eigenvalue weighted by molar-refractivity contribution is -0.150. The maximum absolute atomic E-state index is 11.9. The molecule has 2 aromatic carbocycles. The van der Waals surface area contributed by atoms with Crippen LogP contribution in [-0.2, 0) is 9.53 Å². The highest BCUT2D eigenvalue weighted by atomic mass is 79.9. The van der Waals surface area contributed by atoms with Crippen LogP contribution in [0, 0.1) is 12.8 Å². The number of ether oxygens (including phenoxy) is 1. The Labute approximate surface area is 206 Å². The van der Waals surface area contributed by atoms with Crippen LogP contribution in [0.15, 0.2) is 75.9 Å². The van der Waals surface area contributed by atoms with E-state index in [1.807, 2.05) is 56.3 Å². The molecule has 1 aliphatic rings. The van der Waals surface area contributed by atoms with Crippen molar-refractivity contribution in [2.75, 3.05) is 5.32 Å². The zero-order chi connectivity index (χ0) is 23.7. The van der Waals surface area contributed by atoms with Gasteiger partial charge in [-0.05, 0) is 71.4 Å². The lowest BCUT2D eigenvalue weighted by Gasteiger charge is -2.14. The average molecular weight is 518 g/mol. The third-order valence-corrected chi connectivity index (χ3v) is 6.34. The molecule has 1 saturated carbocycles. The Kier molecular flexibility index (Phi) is 6.20. The molecule has 2 heterocycles.